The van der Waals surface area contributed by atoms with E-state index in [0.29, 0.717) is 0 Å². The number of amidine groups is 1. The summed E-state index contributed by atoms with van der Waals surface area (Å²) in [5.41, 5.74) is 2.16. The van der Waals surface area contributed by atoms with Crippen LogP contribution >= 0.6 is 11.8 Å². The molecule has 1 unspecified atom stereocenters. The maximum absolute atomic E-state index is 11.5. The van der Waals surface area contributed by atoms with Gasteiger partial charge in [-0.1, -0.05) is 37.7 Å². The number of aliphatic imine (C=N–C) groups is 1. The third-order valence-electron chi connectivity index (χ3n) is 2.70. The molecule has 1 heterocycles. The highest BCUT2D eigenvalue weighted by Crippen LogP contribution is 2.25. The minimum absolute atomic E-state index is 0.0168. The van der Waals surface area contributed by atoms with Crippen LogP contribution in [0.4, 0.5) is 5.69 Å². The first-order valence-electron chi connectivity index (χ1n) is 5.88. The van der Waals surface area contributed by atoms with Gasteiger partial charge in [0.25, 0.3) is 0 Å². The molecule has 17 heavy (non-hydrogen) atoms. The molecule has 0 bridgehead atoms. The fraction of sp³-hybridized carbons (Fsp3) is 0.385. The Balaban J connectivity index is 2.17. The number of hydrogen-bond acceptors (Lipinski definition) is 3. The maximum Gasteiger partial charge on any atom is 0.239 e. The van der Waals surface area contributed by atoms with Gasteiger partial charge in [0.05, 0.1) is 10.9 Å². The zero-order valence-electron chi connectivity index (χ0n) is 10.1. The van der Waals surface area contributed by atoms with Gasteiger partial charge in [-0.15, -0.1) is 0 Å². The number of aryl methyl sites for hydroxylation is 1. The van der Waals surface area contributed by atoms with E-state index in [4.69, 9.17) is 0 Å². The molecule has 1 atom stereocenters. The van der Waals surface area contributed by atoms with Crippen LogP contribution in [0.5, 0.6) is 0 Å². The van der Waals surface area contributed by atoms with Crippen LogP contribution in [-0.2, 0) is 11.2 Å². The Bertz CT molecular complexity index is 456. The van der Waals surface area contributed by atoms with Crippen LogP contribution in [0, 0.1) is 0 Å². The quantitative estimate of drug-likeness (QED) is 0.893. The standard InChI is InChI=1S/C13H16N2OS/c1-3-9-6-5-7-10(8-9)14-13-15-12(16)11(4-2)17-13/h5-8,11H,3-4H2,1-2H3,(H,14,15,16). The van der Waals surface area contributed by atoms with Gasteiger partial charge in [0.2, 0.25) is 5.91 Å². The van der Waals surface area contributed by atoms with Gasteiger partial charge in [0, 0.05) is 0 Å². The fourth-order valence-electron chi connectivity index (χ4n) is 1.69. The molecule has 1 N–H and O–H groups in total. The molecule has 0 saturated carbocycles. The normalized spacial score (nSPS) is 21.9. The molecule has 1 saturated heterocycles. The van der Waals surface area contributed by atoms with Crippen LogP contribution in [0.15, 0.2) is 29.3 Å². The number of benzene rings is 1. The van der Waals surface area contributed by atoms with E-state index in [2.05, 4.69) is 29.4 Å². The first-order chi connectivity index (χ1) is 8.22. The molecular weight excluding hydrogens is 232 g/mol. The topological polar surface area (TPSA) is 41.5 Å². The number of amides is 1. The first kappa shape index (κ1) is 12.2. The summed E-state index contributed by atoms with van der Waals surface area (Å²) in [6.07, 6.45) is 1.83. The lowest BCUT2D eigenvalue weighted by Crippen LogP contribution is -2.24. The van der Waals surface area contributed by atoms with Gasteiger partial charge < -0.3 is 5.32 Å². The van der Waals surface area contributed by atoms with E-state index < -0.39 is 0 Å². The third-order valence-corrected chi connectivity index (χ3v) is 3.95. The van der Waals surface area contributed by atoms with Gasteiger partial charge in [0.1, 0.15) is 0 Å². The number of nitrogens with one attached hydrogen (secondary N) is 1. The summed E-state index contributed by atoms with van der Waals surface area (Å²) in [7, 11) is 0. The van der Waals surface area contributed by atoms with Crippen molar-refractivity contribution in [1.82, 2.24) is 5.32 Å². The summed E-state index contributed by atoms with van der Waals surface area (Å²) < 4.78 is 0. The number of nitrogens with zero attached hydrogens (tertiary/aromatic N) is 1. The third kappa shape index (κ3) is 2.88. The minimum Gasteiger partial charge on any atom is -0.304 e. The summed E-state index contributed by atoms with van der Waals surface area (Å²) in [5, 5.41) is 3.55. The van der Waals surface area contributed by atoms with Crippen molar-refractivity contribution < 1.29 is 4.79 Å². The highest BCUT2D eigenvalue weighted by atomic mass is 32.2. The second kappa shape index (κ2) is 5.36. The van der Waals surface area contributed by atoms with E-state index in [0.717, 1.165) is 23.7 Å². The fourth-order valence-corrected chi connectivity index (χ4v) is 2.61. The molecule has 0 spiro atoms. The largest absolute Gasteiger partial charge is 0.304 e. The van der Waals surface area contributed by atoms with E-state index >= 15 is 0 Å². The number of carbonyl (C=O) groups is 1. The zero-order chi connectivity index (χ0) is 12.3. The predicted octanol–water partition coefficient (Wildman–Crippen LogP) is 2.88. The second-order valence-corrected chi connectivity index (χ2v) is 5.14. The number of rotatable bonds is 3. The molecule has 3 nitrogen and oxygen atoms in total. The Morgan fingerprint density at radius 3 is 2.88 bits per heavy atom. The van der Waals surface area contributed by atoms with Crippen molar-refractivity contribution in [3.8, 4) is 0 Å². The van der Waals surface area contributed by atoms with Gasteiger partial charge in [-0.2, -0.15) is 0 Å². The molecule has 1 aliphatic heterocycles. The Labute approximate surface area is 106 Å². The Kier molecular flexibility index (Phi) is 3.84. The van der Waals surface area contributed by atoms with E-state index in [1.165, 1.54) is 17.3 Å². The molecule has 4 heteroatoms. The second-order valence-electron chi connectivity index (χ2n) is 3.94. The summed E-state index contributed by atoms with van der Waals surface area (Å²) in [6, 6.07) is 8.09. The lowest BCUT2D eigenvalue weighted by Gasteiger charge is -2.00. The SMILES string of the molecule is CCc1cccc(N=C2NC(=O)C(CC)S2)c1. The number of hydrogen-bond donors (Lipinski definition) is 1. The van der Waals surface area contributed by atoms with Crippen molar-refractivity contribution in [1.29, 1.82) is 0 Å². The summed E-state index contributed by atoms with van der Waals surface area (Å²) in [5.74, 6) is 0.0721. The Morgan fingerprint density at radius 2 is 2.24 bits per heavy atom. The van der Waals surface area contributed by atoms with Crippen LogP contribution in [-0.4, -0.2) is 16.3 Å². The minimum atomic E-state index is 0.0168. The van der Waals surface area contributed by atoms with Crippen LogP contribution in [0.25, 0.3) is 0 Å². The maximum atomic E-state index is 11.5. The molecule has 90 valence electrons. The van der Waals surface area contributed by atoms with Gasteiger partial charge >= 0.3 is 0 Å². The highest BCUT2D eigenvalue weighted by Gasteiger charge is 2.28. The molecule has 1 fully saturated rings. The molecule has 1 aromatic carbocycles. The summed E-state index contributed by atoms with van der Waals surface area (Å²) in [6.45, 7) is 4.13. The van der Waals surface area contributed by atoms with Gasteiger partial charge in [0.15, 0.2) is 5.17 Å². The van der Waals surface area contributed by atoms with Crippen LogP contribution in [0.1, 0.15) is 25.8 Å². The van der Waals surface area contributed by atoms with Gasteiger partial charge in [-0.3, -0.25) is 4.79 Å². The van der Waals surface area contributed by atoms with Gasteiger partial charge in [-0.05, 0) is 30.5 Å². The monoisotopic (exact) mass is 248 g/mol. The zero-order valence-corrected chi connectivity index (χ0v) is 10.9. The molecule has 1 aliphatic rings. The molecule has 2 rings (SSSR count). The molecule has 0 radical (unpaired) electrons. The first-order valence-corrected chi connectivity index (χ1v) is 6.76. The summed E-state index contributed by atoms with van der Waals surface area (Å²) >= 11 is 1.52. The number of carbonyl (C=O) groups excluding carboxylic acids is 1. The van der Waals surface area contributed by atoms with Crippen molar-refractivity contribution in [2.24, 2.45) is 4.99 Å². The van der Waals surface area contributed by atoms with E-state index in [-0.39, 0.29) is 11.2 Å². The van der Waals surface area contributed by atoms with Crippen molar-refractivity contribution in [2.75, 3.05) is 0 Å². The number of thioether (sulfide) groups is 1. The van der Waals surface area contributed by atoms with Crippen molar-refractivity contribution >= 4 is 28.5 Å². The molecular formula is C13H16N2OS. The van der Waals surface area contributed by atoms with E-state index in [1.807, 2.05) is 19.1 Å². The summed E-state index contributed by atoms with van der Waals surface area (Å²) in [4.78, 5) is 16.0. The lowest BCUT2D eigenvalue weighted by molar-refractivity contribution is -0.118. The van der Waals surface area contributed by atoms with Crippen molar-refractivity contribution in [3.63, 3.8) is 0 Å². The molecule has 1 aromatic rings. The molecule has 0 aromatic heterocycles. The lowest BCUT2D eigenvalue weighted by atomic mass is 10.1. The van der Waals surface area contributed by atoms with Crippen LogP contribution in [0.3, 0.4) is 0 Å². The molecule has 1 amide bonds. The Hall–Kier alpha value is -1.29. The van der Waals surface area contributed by atoms with E-state index in [9.17, 15) is 4.79 Å². The highest BCUT2D eigenvalue weighted by molar-refractivity contribution is 8.15. The smallest absolute Gasteiger partial charge is 0.239 e. The van der Waals surface area contributed by atoms with E-state index in [1.54, 1.807) is 0 Å². The average molecular weight is 248 g/mol. The van der Waals surface area contributed by atoms with Crippen molar-refractivity contribution in [2.45, 2.75) is 31.9 Å². The molecule has 0 aliphatic carbocycles. The predicted molar refractivity (Wildman–Crippen MR) is 72.7 cm³/mol. The van der Waals surface area contributed by atoms with Gasteiger partial charge in [-0.25, -0.2) is 4.99 Å². The average Bonchev–Trinajstić information content (AvgIpc) is 2.69. The van der Waals surface area contributed by atoms with Crippen LogP contribution in [0.2, 0.25) is 0 Å². The van der Waals surface area contributed by atoms with Crippen LogP contribution < -0.4 is 5.32 Å². The van der Waals surface area contributed by atoms with Crippen molar-refractivity contribution in [3.05, 3.63) is 29.8 Å². The Morgan fingerprint density at radius 1 is 1.41 bits per heavy atom.